The molecule has 0 fully saturated rings. The summed E-state index contributed by atoms with van der Waals surface area (Å²) in [6.07, 6.45) is 33.0. The van der Waals surface area contributed by atoms with Gasteiger partial charge in [0.05, 0.1) is 4.90 Å². The molecule has 0 saturated heterocycles. The van der Waals surface area contributed by atoms with Gasteiger partial charge in [-0.05, 0) is 47.6 Å². The maximum atomic E-state index is 12.3. The first-order chi connectivity index (χ1) is 20.5. The van der Waals surface area contributed by atoms with Crippen molar-refractivity contribution in [2.24, 2.45) is 0 Å². The molecule has 43 heavy (non-hydrogen) atoms. The Hall–Kier alpha value is 0.246. The van der Waals surface area contributed by atoms with Crippen LogP contribution >= 0.6 is 0 Å². The third-order valence-corrected chi connectivity index (χ3v) is 9.97. The molecule has 0 aliphatic rings. The Morgan fingerprint density at radius 3 is 1.33 bits per heavy atom. The largest absolute Gasteiger partial charge is 1.00 e. The number of hydrogen-bond donors (Lipinski definition) is 0. The maximum absolute atomic E-state index is 12.3. The van der Waals surface area contributed by atoms with Crippen molar-refractivity contribution in [3.05, 3.63) is 41.5 Å². The van der Waals surface area contributed by atoms with Crippen LogP contribution < -0.4 is 51.4 Å². The second-order valence-electron chi connectivity index (χ2n) is 12.8. The van der Waals surface area contributed by atoms with Gasteiger partial charge >= 0.3 is 51.4 Å². The van der Waals surface area contributed by atoms with Gasteiger partial charge in [-0.3, -0.25) is 0 Å². The quantitative estimate of drug-likeness (QED) is 0.0557. The molecule has 0 spiro atoms. The summed E-state index contributed by atoms with van der Waals surface area (Å²) < 4.78 is 36.9. The van der Waals surface area contributed by atoms with Gasteiger partial charge in [0.25, 0.3) is 0 Å². The Balaban J connectivity index is 0.00000924. The molecule has 5 heteroatoms. The van der Waals surface area contributed by atoms with E-state index in [-0.39, 0.29) is 56.3 Å². The molecule has 0 aromatic heterocycles. The molecule has 0 N–H and O–H groups in total. The van der Waals surface area contributed by atoms with Gasteiger partial charge in [-0.1, -0.05) is 185 Å². The van der Waals surface area contributed by atoms with Crippen molar-refractivity contribution in [3.8, 4) is 0 Å². The van der Waals surface area contributed by atoms with Crippen molar-refractivity contribution >= 4 is 20.9 Å². The summed E-state index contributed by atoms with van der Waals surface area (Å²) in [5, 5.41) is 1.47. The molecule has 0 unspecified atom stereocenters. The number of aryl methyl sites for hydroxylation is 2. The zero-order valence-electron chi connectivity index (χ0n) is 28.4. The maximum Gasteiger partial charge on any atom is 1.00 e. The van der Waals surface area contributed by atoms with Crippen molar-refractivity contribution in [1.29, 1.82) is 0 Å². The third kappa shape index (κ3) is 18.9. The molecule has 0 atom stereocenters. The summed E-state index contributed by atoms with van der Waals surface area (Å²) in [6.45, 7) is 4.53. The fourth-order valence-electron chi connectivity index (χ4n) is 6.37. The summed E-state index contributed by atoms with van der Waals surface area (Å²) in [6, 6.07) is 9.91. The Kier molecular flexibility index (Phi) is 25.3. The van der Waals surface area contributed by atoms with E-state index in [9.17, 15) is 13.0 Å². The van der Waals surface area contributed by atoms with Gasteiger partial charge in [0, 0.05) is 0 Å². The molecule has 2 aromatic carbocycles. The van der Waals surface area contributed by atoms with Gasteiger partial charge in [-0.15, -0.1) is 0 Å². The van der Waals surface area contributed by atoms with Crippen LogP contribution in [0.4, 0.5) is 0 Å². The topological polar surface area (TPSA) is 57.2 Å². The van der Waals surface area contributed by atoms with Crippen molar-refractivity contribution in [2.75, 3.05) is 0 Å². The smallest absolute Gasteiger partial charge is 0.744 e. The number of benzene rings is 2. The zero-order valence-corrected chi connectivity index (χ0v) is 32.3. The molecule has 2 rings (SSSR count). The van der Waals surface area contributed by atoms with E-state index in [1.807, 2.05) is 24.3 Å². The van der Waals surface area contributed by atoms with E-state index in [1.165, 1.54) is 140 Å². The molecule has 0 radical (unpaired) electrons. The summed E-state index contributed by atoms with van der Waals surface area (Å²) in [5.41, 5.74) is 1.93. The minimum Gasteiger partial charge on any atom is -0.744 e. The number of rotatable bonds is 27. The predicted molar refractivity (Wildman–Crippen MR) is 181 cm³/mol. The molecule has 0 heterocycles. The number of fused-ring (bicyclic) bond motifs is 1. The average Bonchev–Trinajstić information content (AvgIpc) is 2.97. The fraction of sp³-hybridized carbons (Fsp3) is 0.737. The third-order valence-electron chi connectivity index (χ3n) is 8.99. The van der Waals surface area contributed by atoms with Gasteiger partial charge < -0.3 is 4.55 Å². The normalized spacial score (nSPS) is 11.7. The van der Waals surface area contributed by atoms with E-state index in [2.05, 4.69) is 19.9 Å². The summed E-state index contributed by atoms with van der Waals surface area (Å²) in [7, 11) is -4.53. The SMILES string of the molecule is CCCCCCCCCCCCCCc1ccc2c(S(=O)(=O)[O-])c(CCCCCCCCCCCCCC)ccc2c1.[K+]. The Morgan fingerprint density at radius 2 is 0.907 bits per heavy atom. The second-order valence-corrected chi connectivity index (χ2v) is 14.2. The first-order valence-electron chi connectivity index (χ1n) is 18.0. The monoisotopic (exact) mass is 638 g/mol. The molecule has 240 valence electrons. The summed E-state index contributed by atoms with van der Waals surface area (Å²) in [4.78, 5) is 0.0139. The van der Waals surface area contributed by atoms with E-state index < -0.39 is 10.1 Å². The molecular formula is C38H63KO3S. The van der Waals surface area contributed by atoms with Crippen LogP contribution in [0.25, 0.3) is 10.8 Å². The molecule has 0 aliphatic carbocycles. The Morgan fingerprint density at radius 1 is 0.512 bits per heavy atom. The zero-order chi connectivity index (χ0) is 30.3. The van der Waals surface area contributed by atoms with Crippen LogP contribution in [0, 0.1) is 0 Å². The van der Waals surface area contributed by atoms with Gasteiger partial charge in [0.15, 0.2) is 0 Å². The molecule has 0 saturated carbocycles. The molecular weight excluding hydrogens is 576 g/mol. The van der Waals surface area contributed by atoms with Crippen LogP contribution in [0.1, 0.15) is 179 Å². The standard InChI is InChI=1S/C38H64O3S.K/c1-3-5-7-9-11-13-15-17-19-21-23-25-27-34-29-32-37-36(33-34)31-30-35(38(37)42(39,40)41)28-26-24-22-20-18-16-14-12-10-8-6-4-2;/h29-33H,3-28H2,1-2H3,(H,39,40,41);/q;+1/p-1. The minimum absolute atomic E-state index is 0. The molecule has 3 nitrogen and oxygen atoms in total. The Labute approximate surface area is 309 Å². The van der Waals surface area contributed by atoms with Crippen molar-refractivity contribution in [2.45, 2.75) is 186 Å². The fourth-order valence-corrected chi connectivity index (χ4v) is 7.32. The van der Waals surface area contributed by atoms with Crippen molar-refractivity contribution in [3.63, 3.8) is 0 Å². The van der Waals surface area contributed by atoms with Crippen LogP contribution in [-0.4, -0.2) is 13.0 Å². The predicted octanol–water partition coefficient (Wildman–Crippen LogP) is 9.24. The molecule has 2 aromatic rings. The number of hydrogen-bond acceptors (Lipinski definition) is 3. The molecule has 0 amide bonds. The van der Waals surface area contributed by atoms with Crippen LogP contribution in [0.5, 0.6) is 0 Å². The van der Waals surface area contributed by atoms with Gasteiger partial charge in [0.2, 0.25) is 0 Å². The summed E-state index contributed by atoms with van der Waals surface area (Å²) >= 11 is 0. The van der Waals surface area contributed by atoms with Crippen molar-refractivity contribution < 1.29 is 64.4 Å². The average molecular weight is 639 g/mol. The van der Waals surface area contributed by atoms with E-state index in [0.29, 0.717) is 17.4 Å². The van der Waals surface area contributed by atoms with E-state index >= 15 is 0 Å². The van der Waals surface area contributed by atoms with Crippen LogP contribution in [-0.2, 0) is 23.0 Å². The minimum atomic E-state index is -4.53. The van der Waals surface area contributed by atoms with E-state index in [4.69, 9.17) is 0 Å². The summed E-state index contributed by atoms with van der Waals surface area (Å²) in [5.74, 6) is 0. The van der Waals surface area contributed by atoms with E-state index in [0.717, 1.165) is 31.1 Å². The molecule has 0 aliphatic heterocycles. The van der Waals surface area contributed by atoms with Gasteiger partial charge in [-0.2, -0.15) is 0 Å². The second kappa shape index (κ2) is 26.3. The number of unbranched alkanes of at least 4 members (excludes halogenated alkanes) is 22. The first-order valence-corrected chi connectivity index (χ1v) is 19.4. The van der Waals surface area contributed by atoms with Crippen molar-refractivity contribution in [1.82, 2.24) is 0 Å². The Bertz CT molecular complexity index is 1070. The van der Waals surface area contributed by atoms with Gasteiger partial charge in [-0.25, -0.2) is 8.42 Å². The van der Waals surface area contributed by atoms with Crippen LogP contribution in [0.15, 0.2) is 35.2 Å². The van der Waals surface area contributed by atoms with Crippen LogP contribution in [0.2, 0.25) is 0 Å². The first kappa shape index (κ1) is 41.3. The van der Waals surface area contributed by atoms with E-state index in [1.54, 1.807) is 0 Å². The molecule has 0 bridgehead atoms. The van der Waals surface area contributed by atoms with Crippen LogP contribution in [0.3, 0.4) is 0 Å². The van der Waals surface area contributed by atoms with Gasteiger partial charge in [0.1, 0.15) is 10.1 Å².